The Morgan fingerprint density at radius 3 is 2.57 bits per heavy atom. The standard InChI is InChI=1S/C18H19ClN2O2/c1-12(14-6-5-7-15(19)10-14)20-11-18(23)21-17-9-4-3-8-16(17)13(2)22/h3-10,12,20H,11H2,1-2H3,(H,21,23)/t12-/m1/s1. The van der Waals surface area contributed by atoms with Gasteiger partial charge in [-0.2, -0.15) is 0 Å². The summed E-state index contributed by atoms with van der Waals surface area (Å²) < 4.78 is 0. The lowest BCUT2D eigenvalue weighted by Crippen LogP contribution is -2.30. The summed E-state index contributed by atoms with van der Waals surface area (Å²) in [4.78, 5) is 23.6. The van der Waals surface area contributed by atoms with E-state index in [1.165, 1.54) is 6.92 Å². The molecule has 2 rings (SSSR count). The van der Waals surface area contributed by atoms with E-state index >= 15 is 0 Å². The zero-order chi connectivity index (χ0) is 16.8. The van der Waals surface area contributed by atoms with Gasteiger partial charge in [0.05, 0.1) is 12.2 Å². The summed E-state index contributed by atoms with van der Waals surface area (Å²) in [5.74, 6) is -0.284. The van der Waals surface area contributed by atoms with Crippen LogP contribution in [-0.4, -0.2) is 18.2 Å². The van der Waals surface area contributed by atoms with Crippen molar-refractivity contribution in [3.05, 3.63) is 64.7 Å². The minimum atomic E-state index is -0.201. The Morgan fingerprint density at radius 1 is 1.13 bits per heavy atom. The molecular formula is C18H19ClN2O2. The highest BCUT2D eigenvalue weighted by atomic mass is 35.5. The number of carbonyl (C=O) groups is 2. The molecule has 1 amide bonds. The van der Waals surface area contributed by atoms with Crippen LogP contribution in [0.2, 0.25) is 5.02 Å². The molecule has 0 bridgehead atoms. The van der Waals surface area contributed by atoms with Gasteiger partial charge < -0.3 is 10.6 Å². The number of hydrogen-bond donors (Lipinski definition) is 2. The average Bonchev–Trinajstić information content (AvgIpc) is 2.53. The van der Waals surface area contributed by atoms with Crippen LogP contribution in [0.15, 0.2) is 48.5 Å². The molecule has 2 aromatic rings. The van der Waals surface area contributed by atoms with Gasteiger partial charge in [-0.3, -0.25) is 9.59 Å². The highest BCUT2D eigenvalue weighted by Crippen LogP contribution is 2.18. The van der Waals surface area contributed by atoms with Crippen LogP contribution in [0.3, 0.4) is 0 Å². The molecule has 0 fully saturated rings. The first kappa shape index (κ1) is 17.2. The van der Waals surface area contributed by atoms with Crippen LogP contribution in [0.4, 0.5) is 5.69 Å². The molecule has 1 atom stereocenters. The lowest BCUT2D eigenvalue weighted by atomic mass is 10.1. The summed E-state index contributed by atoms with van der Waals surface area (Å²) >= 11 is 5.97. The van der Waals surface area contributed by atoms with Gasteiger partial charge in [0.1, 0.15) is 0 Å². The molecule has 120 valence electrons. The van der Waals surface area contributed by atoms with E-state index in [0.29, 0.717) is 16.3 Å². The third-order valence-corrected chi connectivity index (χ3v) is 3.73. The Hall–Kier alpha value is -2.17. The topological polar surface area (TPSA) is 58.2 Å². The summed E-state index contributed by atoms with van der Waals surface area (Å²) in [6, 6.07) is 14.4. The molecule has 23 heavy (non-hydrogen) atoms. The summed E-state index contributed by atoms with van der Waals surface area (Å²) in [5.41, 5.74) is 2.04. The van der Waals surface area contributed by atoms with Crippen molar-refractivity contribution in [2.24, 2.45) is 0 Å². The molecule has 0 heterocycles. The van der Waals surface area contributed by atoms with Gasteiger partial charge in [0.15, 0.2) is 5.78 Å². The highest BCUT2D eigenvalue weighted by molar-refractivity contribution is 6.30. The Bertz CT molecular complexity index is 716. The van der Waals surface area contributed by atoms with E-state index in [4.69, 9.17) is 11.6 Å². The average molecular weight is 331 g/mol. The van der Waals surface area contributed by atoms with Crippen LogP contribution in [0.5, 0.6) is 0 Å². The van der Waals surface area contributed by atoms with E-state index in [1.807, 2.05) is 31.2 Å². The fourth-order valence-corrected chi connectivity index (χ4v) is 2.43. The fraction of sp³-hybridized carbons (Fsp3) is 0.222. The van der Waals surface area contributed by atoms with E-state index in [1.54, 1.807) is 24.3 Å². The Labute approximate surface area is 140 Å². The van der Waals surface area contributed by atoms with Gasteiger partial charge in [-0.1, -0.05) is 35.9 Å². The molecule has 0 aliphatic heterocycles. The van der Waals surface area contributed by atoms with Crippen molar-refractivity contribution in [3.8, 4) is 0 Å². The normalized spacial score (nSPS) is 11.8. The van der Waals surface area contributed by atoms with Crippen LogP contribution in [0.1, 0.15) is 35.8 Å². The monoisotopic (exact) mass is 330 g/mol. The summed E-state index contributed by atoms with van der Waals surface area (Å²) in [6.07, 6.45) is 0. The quantitative estimate of drug-likeness (QED) is 0.791. The van der Waals surface area contributed by atoms with Crippen molar-refractivity contribution < 1.29 is 9.59 Å². The third-order valence-electron chi connectivity index (χ3n) is 3.50. The van der Waals surface area contributed by atoms with Crippen molar-refractivity contribution in [3.63, 3.8) is 0 Å². The SMILES string of the molecule is CC(=O)c1ccccc1NC(=O)CN[C@H](C)c1cccc(Cl)c1. The number of halogens is 1. The second-order valence-electron chi connectivity index (χ2n) is 5.31. The number of nitrogens with one attached hydrogen (secondary N) is 2. The Morgan fingerprint density at radius 2 is 1.87 bits per heavy atom. The minimum Gasteiger partial charge on any atom is -0.324 e. The number of benzene rings is 2. The molecule has 0 saturated carbocycles. The van der Waals surface area contributed by atoms with Crippen LogP contribution in [0, 0.1) is 0 Å². The maximum absolute atomic E-state index is 12.1. The minimum absolute atomic E-state index is 0.0116. The number of hydrogen-bond acceptors (Lipinski definition) is 3. The smallest absolute Gasteiger partial charge is 0.238 e. The van der Waals surface area contributed by atoms with Crippen molar-refractivity contribution in [1.29, 1.82) is 0 Å². The number of ketones is 1. The van der Waals surface area contributed by atoms with Crippen LogP contribution >= 0.6 is 11.6 Å². The molecule has 0 radical (unpaired) electrons. The van der Waals surface area contributed by atoms with E-state index in [9.17, 15) is 9.59 Å². The van der Waals surface area contributed by atoms with E-state index < -0.39 is 0 Å². The van der Waals surface area contributed by atoms with Gasteiger partial charge in [0.25, 0.3) is 0 Å². The molecule has 0 spiro atoms. The van der Waals surface area contributed by atoms with Crippen LogP contribution in [0.25, 0.3) is 0 Å². The predicted molar refractivity (Wildman–Crippen MR) is 92.9 cm³/mol. The first-order chi connectivity index (χ1) is 11.0. The molecule has 5 heteroatoms. The van der Waals surface area contributed by atoms with Gasteiger partial charge >= 0.3 is 0 Å². The summed E-state index contributed by atoms with van der Waals surface area (Å²) in [7, 11) is 0. The molecule has 0 aliphatic carbocycles. The second kappa shape index (κ2) is 7.90. The lowest BCUT2D eigenvalue weighted by Gasteiger charge is -2.15. The fourth-order valence-electron chi connectivity index (χ4n) is 2.23. The molecule has 0 aliphatic rings. The molecular weight excluding hydrogens is 312 g/mol. The predicted octanol–water partition coefficient (Wildman–Crippen LogP) is 3.83. The van der Waals surface area contributed by atoms with Crippen molar-refractivity contribution >= 4 is 29.0 Å². The molecule has 0 saturated heterocycles. The van der Waals surface area contributed by atoms with Gasteiger partial charge in [-0.05, 0) is 43.7 Å². The van der Waals surface area contributed by atoms with E-state index in [0.717, 1.165) is 5.56 Å². The van der Waals surface area contributed by atoms with Crippen LogP contribution in [-0.2, 0) is 4.79 Å². The number of anilines is 1. The number of Topliss-reactive ketones (excluding diaryl/α,β-unsaturated/α-hetero) is 1. The maximum Gasteiger partial charge on any atom is 0.238 e. The van der Waals surface area contributed by atoms with Gasteiger partial charge in [-0.25, -0.2) is 0 Å². The molecule has 2 aromatic carbocycles. The van der Waals surface area contributed by atoms with Crippen molar-refractivity contribution in [2.45, 2.75) is 19.9 Å². The largest absolute Gasteiger partial charge is 0.324 e. The number of amides is 1. The molecule has 2 N–H and O–H groups in total. The highest BCUT2D eigenvalue weighted by Gasteiger charge is 2.11. The second-order valence-corrected chi connectivity index (χ2v) is 5.74. The van der Waals surface area contributed by atoms with E-state index in [-0.39, 0.29) is 24.3 Å². The van der Waals surface area contributed by atoms with Crippen LogP contribution < -0.4 is 10.6 Å². The number of para-hydroxylation sites is 1. The lowest BCUT2D eigenvalue weighted by molar-refractivity contribution is -0.115. The molecule has 4 nitrogen and oxygen atoms in total. The molecule has 0 unspecified atom stereocenters. The van der Waals surface area contributed by atoms with Crippen molar-refractivity contribution in [1.82, 2.24) is 5.32 Å². The molecule has 0 aromatic heterocycles. The van der Waals surface area contributed by atoms with Gasteiger partial charge in [0, 0.05) is 16.6 Å². The Kier molecular flexibility index (Phi) is 5.90. The van der Waals surface area contributed by atoms with E-state index in [2.05, 4.69) is 10.6 Å². The Balaban J connectivity index is 1.94. The maximum atomic E-state index is 12.1. The summed E-state index contributed by atoms with van der Waals surface area (Å²) in [6.45, 7) is 3.58. The first-order valence-corrected chi connectivity index (χ1v) is 7.74. The number of rotatable bonds is 6. The zero-order valence-corrected chi connectivity index (χ0v) is 13.9. The number of carbonyl (C=O) groups excluding carboxylic acids is 2. The first-order valence-electron chi connectivity index (χ1n) is 7.36. The zero-order valence-electron chi connectivity index (χ0n) is 13.1. The summed E-state index contributed by atoms with van der Waals surface area (Å²) in [5, 5.41) is 6.56. The van der Waals surface area contributed by atoms with Crippen molar-refractivity contribution in [2.75, 3.05) is 11.9 Å². The van der Waals surface area contributed by atoms with Gasteiger partial charge in [-0.15, -0.1) is 0 Å². The van der Waals surface area contributed by atoms with Gasteiger partial charge in [0.2, 0.25) is 5.91 Å². The third kappa shape index (κ3) is 4.91.